The predicted molar refractivity (Wildman–Crippen MR) is 89.1 cm³/mol. The van der Waals surface area contributed by atoms with Crippen molar-refractivity contribution < 1.29 is 4.39 Å². The lowest BCUT2D eigenvalue weighted by Gasteiger charge is -2.04. The first-order valence-electron chi connectivity index (χ1n) is 6.09. The Morgan fingerprint density at radius 1 is 1.23 bits per heavy atom. The Balaban J connectivity index is 0.00000121. The average Bonchev–Trinajstić information content (AvgIpc) is 3.00. The number of imidazole rings is 2. The van der Waals surface area contributed by atoms with Gasteiger partial charge in [-0.3, -0.25) is 0 Å². The molecule has 0 aliphatic rings. The van der Waals surface area contributed by atoms with Crippen molar-refractivity contribution in [1.29, 1.82) is 0 Å². The van der Waals surface area contributed by atoms with E-state index in [9.17, 15) is 4.39 Å². The molecule has 0 aliphatic carbocycles. The first kappa shape index (κ1) is 18.5. The molecule has 2 aromatic heterocycles. The Bertz CT molecular complexity index is 754. The molecule has 0 bridgehead atoms. The number of hydrogen-bond donors (Lipinski definition) is 0. The van der Waals surface area contributed by atoms with Gasteiger partial charge in [0.15, 0.2) is 0 Å². The molecule has 4 nitrogen and oxygen atoms in total. The third-order valence-electron chi connectivity index (χ3n) is 3.08. The van der Waals surface area contributed by atoms with Gasteiger partial charge in [-0.05, 0) is 25.1 Å². The van der Waals surface area contributed by atoms with Crippen molar-refractivity contribution >= 4 is 36.4 Å². The molecule has 2 heterocycles. The van der Waals surface area contributed by atoms with Gasteiger partial charge < -0.3 is 9.13 Å². The van der Waals surface area contributed by atoms with Crippen molar-refractivity contribution in [1.82, 2.24) is 19.1 Å². The third-order valence-corrected chi connectivity index (χ3v) is 3.32. The molecule has 3 rings (SSSR count). The normalized spacial score (nSPS) is 9.95. The third kappa shape index (κ3) is 3.80. The van der Waals surface area contributed by atoms with Crippen molar-refractivity contribution in [3.05, 3.63) is 65.5 Å². The van der Waals surface area contributed by atoms with Crippen molar-refractivity contribution in [2.45, 2.75) is 13.5 Å². The number of hydrogen-bond acceptors (Lipinski definition) is 2. The summed E-state index contributed by atoms with van der Waals surface area (Å²) in [5.74, 6) is 0.539. The Kier molecular flexibility index (Phi) is 6.41. The van der Waals surface area contributed by atoms with Gasteiger partial charge in [0.2, 0.25) is 0 Å². The molecule has 0 amide bonds. The topological polar surface area (TPSA) is 35.6 Å². The maximum atomic E-state index is 13.8. The first-order chi connectivity index (χ1) is 9.63. The van der Waals surface area contributed by atoms with Crippen molar-refractivity contribution in [2.75, 3.05) is 0 Å². The molecule has 0 saturated carbocycles. The number of aryl methyl sites for hydroxylation is 1. The van der Waals surface area contributed by atoms with Crippen LogP contribution in [0.1, 0.15) is 11.5 Å². The predicted octanol–water partition coefficient (Wildman–Crippen LogP) is 4.06. The standard InChI is InChI=1S/C14H12ClFN4.2ClH/c1-10-17-4-5-19(10)7-12-8-20(9-18-12)14-3-2-11(15)6-13(14)16;;/h2-6,8-9H,7H2,1H3;2*1H. The molecule has 0 radical (unpaired) electrons. The number of halogens is 4. The summed E-state index contributed by atoms with van der Waals surface area (Å²) in [6.45, 7) is 2.53. The van der Waals surface area contributed by atoms with Gasteiger partial charge in [0, 0.05) is 23.6 Å². The van der Waals surface area contributed by atoms with E-state index in [2.05, 4.69) is 9.97 Å². The zero-order valence-electron chi connectivity index (χ0n) is 11.6. The quantitative estimate of drug-likeness (QED) is 0.703. The highest BCUT2D eigenvalue weighted by atomic mass is 35.5. The second kappa shape index (κ2) is 7.63. The van der Waals surface area contributed by atoms with Crippen LogP contribution in [0.25, 0.3) is 5.69 Å². The molecule has 0 atom stereocenters. The van der Waals surface area contributed by atoms with Gasteiger partial charge in [-0.25, -0.2) is 14.4 Å². The molecule has 3 aromatic rings. The van der Waals surface area contributed by atoms with Crippen LogP contribution in [0.4, 0.5) is 4.39 Å². The Labute approximate surface area is 144 Å². The van der Waals surface area contributed by atoms with E-state index in [-0.39, 0.29) is 30.6 Å². The number of aromatic nitrogens is 4. The zero-order chi connectivity index (χ0) is 14.1. The molecule has 0 saturated heterocycles. The van der Waals surface area contributed by atoms with E-state index in [0.29, 0.717) is 17.3 Å². The van der Waals surface area contributed by atoms with Gasteiger partial charge in [-0.15, -0.1) is 24.8 Å². The zero-order valence-corrected chi connectivity index (χ0v) is 14.0. The van der Waals surface area contributed by atoms with Gasteiger partial charge in [0.25, 0.3) is 0 Å². The maximum absolute atomic E-state index is 13.8. The minimum absolute atomic E-state index is 0. The molecule has 8 heteroatoms. The molecule has 22 heavy (non-hydrogen) atoms. The molecule has 0 spiro atoms. The molecular formula is C14H14Cl3FN4. The summed E-state index contributed by atoms with van der Waals surface area (Å²) in [7, 11) is 0. The number of nitrogens with zero attached hydrogens (tertiary/aromatic N) is 4. The summed E-state index contributed by atoms with van der Waals surface area (Å²) in [5.41, 5.74) is 1.26. The largest absolute Gasteiger partial charge is 0.329 e. The van der Waals surface area contributed by atoms with Crippen LogP contribution in [-0.4, -0.2) is 19.1 Å². The van der Waals surface area contributed by atoms with E-state index >= 15 is 0 Å². The van der Waals surface area contributed by atoms with Crippen molar-refractivity contribution in [3.8, 4) is 5.69 Å². The van der Waals surface area contributed by atoms with Crippen molar-refractivity contribution in [3.63, 3.8) is 0 Å². The summed E-state index contributed by atoms with van der Waals surface area (Å²) in [5, 5.41) is 0.376. The molecule has 0 fully saturated rings. The monoisotopic (exact) mass is 362 g/mol. The molecule has 0 N–H and O–H groups in total. The van der Waals surface area contributed by atoms with Gasteiger partial charge in [0.1, 0.15) is 11.6 Å². The van der Waals surface area contributed by atoms with Gasteiger partial charge in [-0.1, -0.05) is 11.6 Å². The van der Waals surface area contributed by atoms with Crippen LogP contribution in [0.2, 0.25) is 5.02 Å². The van der Waals surface area contributed by atoms with Crippen LogP contribution in [-0.2, 0) is 6.54 Å². The fourth-order valence-electron chi connectivity index (χ4n) is 2.01. The molecule has 0 unspecified atom stereocenters. The smallest absolute Gasteiger partial charge is 0.148 e. The lowest BCUT2D eigenvalue weighted by molar-refractivity contribution is 0.618. The fraction of sp³-hybridized carbons (Fsp3) is 0.143. The summed E-state index contributed by atoms with van der Waals surface area (Å²) in [6.07, 6.45) is 7.02. The van der Waals surface area contributed by atoms with E-state index in [1.54, 1.807) is 35.4 Å². The van der Waals surface area contributed by atoms with Crippen LogP contribution in [0, 0.1) is 12.7 Å². The highest BCUT2D eigenvalue weighted by Crippen LogP contribution is 2.18. The van der Waals surface area contributed by atoms with Crippen LogP contribution < -0.4 is 0 Å². The van der Waals surface area contributed by atoms with E-state index in [4.69, 9.17) is 11.6 Å². The first-order valence-corrected chi connectivity index (χ1v) is 6.47. The minimum atomic E-state index is -0.375. The van der Waals surface area contributed by atoms with Crippen LogP contribution in [0.3, 0.4) is 0 Å². The van der Waals surface area contributed by atoms with Crippen molar-refractivity contribution in [2.24, 2.45) is 0 Å². The summed E-state index contributed by atoms with van der Waals surface area (Å²) in [4.78, 5) is 8.44. The Hall–Kier alpha value is -1.56. The Morgan fingerprint density at radius 3 is 2.64 bits per heavy atom. The van der Waals surface area contributed by atoms with E-state index in [1.165, 1.54) is 6.07 Å². The SMILES string of the molecule is Cc1nccn1Cc1cn(-c2ccc(Cl)cc2F)cn1.Cl.Cl. The fourth-order valence-corrected chi connectivity index (χ4v) is 2.17. The molecule has 0 aliphatic heterocycles. The second-order valence-corrected chi connectivity index (χ2v) is 4.91. The van der Waals surface area contributed by atoms with E-state index in [0.717, 1.165) is 11.5 Å². The Morgan fingerprint density at radius 2 is 2.00 bits per heavy atom. The lowest BCUT2D eigenvalue weighted by Crippen LogP contribution is -2.01. The number of benzene rings is 1. The van der Waals surface area contributed by atoms with Crippen LogP contribution in [0.5, 0.6) is 0 Å². The van der Waals surface area contributed by atoms with Crippen LogP contribution >= 0.6 is 36.4 Å². The van der Waals surface area contributed by atoms with E-state index in [1.807, 2.05) is 17.7 Å². The van der Waals surface area contributed by atoms with E-state index < -0.39 is 0 Å². The maximum Gasteiger partial charge on any atom is 0.148 e. The van der Waals surface area contributed by atoms with Crippen LogP contribution in [0.15, 0.2) is 43.1 Å². The second-order valence-electron chi connectivity index (χ2n) is 4.47. The summed E-state index contributed by atoms with van der Waals surface area (Å²) in [6, 6.07) is 4.57. The van der Waals surface area contributed by atoms with Gasteiger partial charge in [0.05, 0.1) is 24.3 Å². The summed E-state index contributed by atoms with van der Waals surface area (Å²) >= 11 is 5.75. The number of rotatable bonds is 3. The summed E-state index contributed by atoms with van der Waals surface area (Å²) < 4.78 is 17.5. The minimum Gasteiger partial charge on any atom is -0.329 e. The van der Waals surface area contributed by atoms with Gasteiger partial charge >= 0.3 is 0 Å². The molecule has 1 aromatic carbocycles. The van der Waals surface area contributed by atoms with Gasteiger partial charge in [-0.2, -0.15) is 0 Å². The lowest BCUT2D eigenvalue weighted by atomic mass is 10.3. The molecular weight excluding hydrogens is 350 g/mol. The highest BCUT2D eigenvalue weighted by Gasteiger charge is 2.07. The average molecular weight is 364 g/mol. The molecule has 118 valence electrons. The highest BCUT2D eigenvalue weighted by molar-refractivity contribution is 6.30.